The number of aromatic nitrogens is 2. The highest BCUT2D eigenvalue weighted by atomic mass is 16.6. The van der Waals surface area contributed by atoms with E-state index in [1.54, 1.807) is 11.6 Å². The van der Waals surface area contributed by atoms with E-state index >= 15 is 0 Å². The zero-order chi connectivity index (χ0) is 20.1. The average molecular weight is 381 g/mol. The molecular weight excluding hydrogens is 354 g/mol. The fourth-order valence-electron chi connectivity index (χ4n) is 3.47. The van der Waals surface area contributed by atoms with Crippen LogP contribution in [-0.2, 0) is 11.8 Å². The molecule has 0 aliphatic carbocycles. The van der Waals surface area contributed by atoms with Crippen LogP contribution in [0.2, 0.25) is 0 Å². The van der Waals surface area contributed by atoms with Gasteiger partial charge in [0.25, 0.3) is 0 Å². The van der Waals surface area contributed by atoms with Gasteiger partial charge in [-0.2, -0.15) is 0 Å². The number of aliphatic imine (C=N–C) groups is 1. The third-order valence-corrected chi connectivity index (χ3v) is 4.94. The van der Waals surface area contributed by atoms with Gasteiger partial charge in [-0.25, -0.2) is 9.79 Å². The third kappa shape index (κ3) is 3.62. The number of fused-ring (bicyclic) bond motifs is 2. The first-order valence-corrected chi connectivity index (χ1v) is 9.48. The number of ether oxygens (including phenoxy) is 1. The van der Waals surface area contributed by atoms with Crippen molar-refractivity contribution in [2.75, 3.05) is 13.6 Å². The van der Waals surface area contributed by atoms with E-state index in [4.69, 9.17) is 4.74 Å². The van der Waals surface area contributed by atoms with E-state index in [2.05, 4.69) is 41.8 Å². The summed E-state index contributed by atoms with van der Waals surface area (Å²) in [5.74, 6) is 0. The van der Waals surface area contributed by atoms with E-state index in [9.17, 15) is 4.79 Å². The maximum Gasteiger partial charge on any atom is 0.326 e. The summed E-state index contributed by atoms with van der Waals surface area (Å²) in [6, 6.07) is 5.88. The summed E-state index contributed by atoms with van der Waals surface area (Å²) in [6.07, 6.45) is 7.95. The van der Waals surface area contributed by atoms with Crippen molar-refractivity contribution in [1.82, 2.24) is 19.4 Å². The number of hydrogen-bond donors (Lipinski definition) is 1. The third-order valence-electron chi connectivity index (χ3n) is 4.94. The number of likely N-dealkylation sites (N-methyl/N-ethyl adjacent to an activating group) is 1. The van der Waals surface area contributed by atoms with Gasteiger partial charge in [-0.3, -0.25) is 4.57 Å². The lowest BCUT2D eigenvalue weighted by molar-refractivity contribution is 0.178. The first-order valence-electron chi connectivity index (χ1n) is 9.48. The molecule has 3 heterocycles. The number of aromatic amines is 1. The van der Waals surface area contributed by atoms with Gasteiger partial charge in [0.2, 0.25) is 0 Å². The molecule has 2 unspecified atom stereocenters. The summed E-state index contributed by atoms with van der Waals surface area (Å²) >= 11 is 0. The molecule has 2 atom stereocenters. The van der Waals surface area contributed by atoms with Gasteiger partial charge in [0.15, 0.2) is 12.5 Å². The summed E-state index contributed by atoms with van der Waals surface area (Å²) in [5, 5.41) is 0. The van der Waals surface area contributed by atoms with E-state index < -0.39 is 0 Å². The van der Waals surface area contributed by atoms with Crippen LogP contribution in [0.3, 0.4) is 0 Å². The largest absolute Gasteiger partial charge is 0.348 e. The predicted molar refractivity (Wildman–Crippen MR) is 112 cm³/mol. The molecule has 28 heavy (non-hydrogen) atoms. The Morgan fingerprint density at radius 3 is 2.75 bits per heavy atom. The standard InChI is InChI=1S/C21H27N5O2/c1-21(2,3)12-26-10-6-7-15(22-13-24(4)18-19(26)28-18)14-8-9-16-17(11-14)25(5)20(27)23-16/h6-11,13,18-19H,12H2,1-5H3,(H,23,27). The summed E-state index contributed by atoms with van der Waals surface area (Å²) in [6.45, 7) is 7.57. The topological polar surface area (TPSA) is 69.2 Å². The van der Waals surface area contributed by atoms with Crippen LogP contribution in [-0.4, -0.2) is 51.7 Å². The molecule has 0 bridgehead atoms. The Balaban J connectivity index is 1.71. The second kappa shape index (κ2) is 6.67. The number of hydrogen-bond acceptors (Lipinski definition) is 5. The van der Waals surface area contributed by atoms with E-state index in [1.165, 1.54) is 0 Å². The van der Waals surface area contributed by atoms with Crippen molar-refractivity contribution in [3.05, 3.63) is 52.6 Å². The molecule has 7 heteroatoms. The molecule has 1 saturated heterocycles. The molecule has 0 amide bonds. The Bertz CT molecular complexity index is 1040. The Morgan fingerprint density at radius 1 is 1.21 bits per heavy atom. The van der Waals surface area contributed by atoms with E-state index in [0.29, 0.717) is 0 Å². The van der Waals surface area contributed by atoms with Gasteiger partial charge in [-0.15, -0.1) is 0 Å². The van der Waals surface area contributed by atoms with E-state index in [1.807, 2.05) is 48.6 Å². The van der Waals surface area contributed by atoms with E-state index in [-0.39, 0.29) is 23.6 Å². The van der Waals surface area contributed by atoms with Crippen LogP contribution in [0.15, 0.2) is 46.3 Å². The monoisotopic (exact) mass is 381 g/mol. The van der Waals surface area contributed by atoms with Gasteiger partial charge in [0.1, 0.15) is 0 Å². The van der Waals surface area contributed by atoms with Gasteiger partial charge < -0.3 is 19.5 Å². The minimum absolute atomic E-state index is 0.00285. The number of epoxide rings is 1. The number of rotatable bonds is 2. The zero-order valence-corrected chi connectivity index (χ0v) is 17.0. The van der Waals surface area contributed by atoms with Gasteiger partial charge in [-0.05, 0) is 29.7 Å². The zero-order valence-electron chi connectivity index (χ0n) is 17.0. The quantitative estimate of drug-likeness (QED) is 0.812. The smallest absolute Gasteiger partial charge is 0.326 e. The summed E-state index contributed by atoms with van der Waals surface area (Å²) in [4.78, 5) is 23.6. The number of imidazole rings is 1. The number of H-pyrrole nitrogens is 1. The summed E-state index contributed by atoms with van der Waals surface area (Å²) in [7, 11) is 3.74. The summed E-state index contributed by atoms with van der Waals surface area (Å²) < 4.78 is 7.49. The van der Waals surface area contributed by atoms with Gasteiger partial charge in [-0.1, -0.05) is 26.8 Å². The number of nitrogens with zero attached hydrogens (tertiary/aromatic N) is 4. The lowest BCUT2D eigenvalue weighted by atomic mass is 9.96. The average Bonchev–Trinajstić information content (AvgIpc) is 3.37. The SMILES string of the molecule is CN1C=NC(c2ccc3[nH]c(=O)n(C)c3c2)=CC=CN(CC(C)(C)C)C2OC21. The molecule has 1 aromatic heterocycles. The van der Waals surface area contributed by atoms with Crippen LogP contribution in [0.25, 0.3) is 16.7 Å². The normalized spacial score (nSPS) is 22.4. The lowest BCUT2D eigenvalue weighted by Gasteiger charge is -2.28. The molecule has 1 aromatic carbocycles. The number of nitrogens with one attached hydrogen (secondary N) is 1. The molecule has 148 valence electrons. The Morgan fingerprint density at radius 2 is 2.00 bits per heavy atom. The summed E-state index contributed by atoms with van der Waals surface area (Å²) in [5.41, 5.74) is 3.49. The molecular formula is C21H27N5O2. The van der Waals surface area contributed by atoms with Crippen LogP contribution in [0.4, 0.5) is 0 Å². The van der Waals surface area contributed by atoms with Crippen molar-refractivity contribution >= 4 is 23.1 Å². The molecule has 4 rings (SSSR count). The maximum absolute atomic E-state index is 11.9. The number of allylic oxidation sites excluding steroid dienone is 2. The molecule has 2 aliphatic rings. The Hall–Kier alpha value is -2.80. The highest BCUT2D eigenvalue weighted by molar-refractivity contribution is 5.83. The molecule has 7 nitrogen and oxygen atoms in total. The molecule has 0 saturated carbocycles. The fraction of sp³-hybridized carbons (Fsp3) is 0.429. The van der Waals surface area contributed by atoms with Gasteiger partial charge >= 0.3 is 5.69 Å². The van der Waals surface area contributed by atoms with Crippen molar-refractivity contribution in [1.29, 1.82) is 0 Å². The van der Waals surface area contributed by atoms with E-state index in [0.717, 1.165) is 28.8 Å². The van der Waals surface area contributed by atoms with Crippen molar-refractivity contribution in [3.63, 3.8) is 0 Å². The number of aryl methyl sites for hydroxylation is 1. The second-order valence-electron chi connectivity index (χ2n) is 8.67. The lowest BCUT2D eigenvalue weighted by Crippen LogP contribution is -2.35. The van der Waals surface area contributed by atoms with Crippen molar-refractivity contribution in [3.8, 4) is 0 Å². The van der Waals surface area contributed by atoms with Crippen LogP contribution in [0, 0.1) is 5.41 Å². The van der Waals surface area contributed by atoms with Crippen LogP contribution in [0.1, 0.15) is 26.3 Å². The minimum Gasteiger partial charge on any atom is -0.348 e. The molecule has 2 aliphatic heterocycles. The highest BCUT2D eigenvalue weighted by Gasteiger charge is 2.46. The van der Waals surface area contributed by atoms with Crippen LogP contribution in [0.5, 0.6) is 0 Å². The van der Waals surface area contributed by atoms with Crippen LogP contribution >= 0.6 is 0 Å². The Kier molecular flexibility index (Phi) is 4.42. The molecule has 1 N–H and O–H groups in total. The number of benzene rings is 1. The fourth-order valence-corrected chi connectivity index (χ4v) is 3.47. The maximum atomic E-state index is 11.9. The van der Waals surface area contributed by atoms with Gasteiger partial charge in [0, 0.05) is 32.4 Å². The second-order valence-corrected chi connectivity index (χ2v) is 8.67. The minimum atomic E-state index is -0.120. The molecule has 0 radical (unpaired) electrons. The first-order chi connectivity index (χ1) is 13.2. The van der Waals surface area contributed by atoms with Crippen molar-refractivity contribution < 1.29 is 4.74 Å². The van der Waals surface area contributed by atoms with Crippen molar-refractivity contribution in [2.24, 2.45) is 17.5 Å². The van der Waals surface area contributed by atoms with Crippen molar-refractivity contribution in [2.45, 2.75) is 33.2 Å². The first kappa shape index (κ1) is 18.6. The van der Waals surface area contributed by atoms with Crippen LogP contribution < -0.4 is 5.69 Å². The Labute approximate surface area is 164 Å². The predicted octanol–water partition coefficient (Wildman–Crippen LogP) is 2.73. The highest BCUT2D eigenvalue weighted by Crippen LogP contribution is 2.32. The molecule has 1 fully saturated rings. The molecule has 0 spiro atoms. The van der Waals surface area contributed by atoms with Gasteiger partial charge in [0.05, 0.1) is 23.1 Å². The molecule has 2 aromatic rings.